The Kier molecular flexibility index (Phi) is 4.32. The number of Topliss-reactive ketones (excluding diaryl/α,β-unsaturated/α-hetero) is 1. The molecule has 2 aromatic rings. The fraction of sp³-hybridized carbons (Fsp3) is 0.133. The smallest absolute Gasteiger partial charge is 0.176 e. The Hall–Kier alpha value is -1.68. The van der Waals surface area contributed by atoms with Crippen molar-refractivity contribution < 1.29 is 13.6 Å². The van der Waals surface area contributed by atoms with Crippen LogP contribution < -0.4 is 0 Å². The Labute approximate surface area is 114 Å². The summed E-state index contributed by atoms with van der Waals surface area (Å²) in [4.78, 5) is 12.9. The summed E-state index contributed by atoms with van der Waals surface area (Å²) >= 11 is 1.35. The molecule has 0 unspecified atom stereocenters. The Morgan fingerprint density at radius 1 is 1.16 bits per heavy atom. The van der Waals surface area contributed by atoms with Gasteiger partial charge >= 0.3 is 0 Å². The molecule has 2 rings (SSSR count). The monoisotopic (exact) mass is 278 g/mol. The van der Waals surface area contributed by atoms with E-state index in [2.05, 4.69) is 0 Å². The van der Waals surface area contributed by atoms with E-state index < -0.39 is 11.6 Å². The minimum atomic E-state index is -0.810. The van der Waals surface area contributed by atoms with E-state index in [9.17, 15) is 13.6 Å². The molecular weight excluding hydrogens is 266 g/mol. The number of carbonyl (C=O) groups excluding carboxylic acids is 1. The van der Waals surface area contributed by atoms with Gasteiger partial charge in [-0.1, -0.05) is 18.2 Å². The van der Waals surface area contributed by atoms with E-state index in [1.54, 1.807) is 0 Å². The molecule has 1 nitrogen and oxygen atoms in total. The molecule has 0 bridgehead atoms. The summed E-state index contributed by atoms with van der Waals surface area (Å²) in [6.45, 7) is 1.95. The van der Waals surface area contributed by atoms with E-state index in [1.165, 1.54) is 17.8 Å². The van der Waals surface area contributed by atoms with E-state index in [4.69, 9.17) is 0 Å². The number of aryl methyl sites for hydroxylation is 1. The predicted octanol–water partition coefficient (Wildman–Crippen LogP) is 4.25. The van der Waals surface area contributed by atoms with Crippen LogP contribution in [0, 0.1) is 18.6 Å². The Morgan fingerprint density at radius 3 is 2.58 bits per heavy atom. The third kappa shape index (κ3) is 3.41. The lowest BCUT2D eigenvalue weighted by Crippen LogP contribution is -2.05. The van der Waals surface area contributed by atoms with Crippen molar-refractivity contribution in [2.24, 2.45) is 0 Å². The molecule has 0 aliphatic rings. The summed E-state index contributed by atoms with van der Waals surface area (Å²) in [5.74, 6) is -1.70. The molecule has 98 valence electrons. The minimum Gasteiger partial charge on any atom is -0.293 e. The second-order valence-electron chi connectivity index (χ2n) is 4.10. The molecule has 0 aromatic heterocycles. The van der Waals surface area contributed by atoms with Crippen LogP contribution in [-0.4, -0.2) is 11.5 Å². The summed E-state index contributed by atoms with van der Waals surface area (Å²) < 4.78 is 26.2. The van der Waals surface area contributed by atoms with Crippen LogP contribution in [0.25, 0.3) is 0 Å². The summed E-state index contributed by atoms with van der Waals surface area (Å²) in [6.07, 6.45) is 0. The van der Waals surface area contributed by atoms with Gasteiger partial charge in [0.25, 0.3) is 0 Å². The van der Waals surface area contributed by atoms with E-state index in [1.807, 2.05) is 31.2 Å². The lowest BCUT2D eigenvalue weighted by molar-refractivity contribution is 0.101. The van der Waals surface area contributed by atoms with Gasteiger partial charge in [-0.05, 0) is 30.7 Å². The van der Waals surface area contributed by atoms with Gasteiger partial charge in [-0.15, -0.1) is 11.8 Å². The fourth-order valence-corrected chi connectivity index (χ4v) is 2.57. The fourth-order valence-electron chi connectivity index (χ4n) is 1.66. The SMILES string of the molecule is Cc1ccccc1SCC(=O)c1ccc(F)cc1F. The van der Waals surface area contributed by atoms with E-state index in [-0.39, 0.29) is 17.1 Å². The molecule has 19 heavy (non-hydrogen) atoms. The molecule has 2 aromatic carbocycles. The van der Waals surface area contributed by atoms with Gasteiger partial charge in [-0.2, -0.15) is 0 Å². The highest BCUT2D eigenvalue weighted by Gasteiger charge is 2.13. The number of thioether (sulfide) groups is 1. The topological polar surface area (TPSA) is 17.1 Å². The van der Waals surface area contributed by atoms with Gasteiger partial charge in [-0.3, -0.25) is 4.79 Å². The molecule has 0 aliphatic carbocycles. The average Bonchev–Trinajstić information content (AvgIpc) is 2.37. The maximum Gasteiger partial charge on any atom is 0.176 e. The van der Waals surface area contributed by atoms with Crippen molar-refractivity contribution in [2.45, 2.75) is 11.8 Å². The molecule has 0 atom stereocenters. The lowest BCUT2D eigenvalue weighted by atomic mass is 10.1. The van der Waals surface area contributed by atoms with Crippen LogP contribution in [0.3, 0.4) is 0 Å². The van der Waals surface area contributed by atoms with Crippen LogP contribution in [0.15, 0.2) is 47.4 Å². The maximum absolute atomic E-state index is 13.4. The first kappa shape index (κ1) is 13.7. The quantitative estimate of drug-likeness (QED) is 0.614. The summed E-state index contributed by atoms with van der Waals surface area (Å²) in [6, 6.07) is 10.7. The van der Waals surface area contributed by atoms with E-state index in [0.29, 0.717) is 0 Å². The highest BCUT2D eigenvalue weighted by molar-refractivity contribution is 8.00. The number of hydrogen-bond donors (Lipinski definition) is 0. The summed E-state index contributed by atoms with van der Waals surface area (Å²) in [7, 11) is 0. The van der Waals surface area contributed by atoms with Crippen LogP contribution in [0.4, 0.5) is 8.78 Å². The summed E-state index contributed by atoms with van der Waals surface area (Å²) in [5, 5.41) is 0. The van der Waals surface area contributed by atoms with Gasteiger partial charge < -0.3 is 0 Å². The highest BCUT2D eigenvalue weighted by atomic mass is 32.2. The van der Waals surface area contributed by atoms with Crippen LogP contribution in [0.5, 0.6) is 0 Å². The first-order valence-corrected chi connectivity index (χ1v) is 6.73. The standard InChI is InChI=1S/C15H12F2OS/c1-10-4-2-3-5-15(10)19-9-14(18)12-7-6-11(16)8-13(12)17/h2-8H,9H2,1H3. The first-order chi connectivity index (χ1) is 9.08. The van der Waals surface area contributed by atoms with Crippen LogP contribution in [0.1, 0.15) is 15.9 Å². The predicted molar refractivity (Wildman–Crippen MR) is 72.6 cm³/mol. The molecule has 0 saturated carbocycles. The largest absolute Gasteiger partial charge is 0.293 e. The van der Waals surface area contributed by atoms with Crippen molar-refractivity contribution in [1.29, 1.82) is 0 Å². The zero-order valence-corrected chi connectivity index (χ0v) is 11.1. The van der Waals surface area contributed by atoms with Gasteiger partial charge in [-0.25, -0.2) is 8.78 Å². The van der Waals surface area contributed by atoms with Crippen LogP contribution in [0.2, 0.25) is 0 Å². The Balaban J connectivity index is 2.08. The third-order valence-electron chi connectivity index (χ3n) is 2.68. The number of rotatable bonds is 4. The normalized spacial score (nSPS) is 10.5. The van der Waals surface area contributed by atoms with Gasteiger partial charge in [0.1, 0.15) is 11.6 Å². The highest BCUT2D eigenvalue weighted by Crippen LogP contribution is 2.23. The number of benzene rings is 2. The van der Waals surface area contributed by atoms with Gasteiger partial charge in [0.15, 0.2) is 5.78 Å². The van der Waals surface area contributed by atoms with Gasteiger partial charge in [0, 0.05) is 11.0 Å². The third-order valence-corrected chi connectivity index (χ3v) is 3.86. The number of carbonyl (C=O) groups is 1. The second-order valence-corrected chi connectivity index (χ2v) is 5.12. The van der Waals surface area contributed by atoms with Crippen molar-refractivity contribution >= 4 is 17.5 Å². The van der Waals surface area contributed by atoms with E-state index in [0.717, 1.165) is 22.6 Å². The molecule has 0 N–H and O–H groups in total. The number of hydrogen-bond acceptors (Lipinski definition) is 2. The maximum atomic E-state index is 13.4. The molecular formula is C15H12F2OS. The first-order valence-electron chi connectivity index (χ1n) is 5.74. The van der Waals surface area contributed by atoms with Gasteiger partial charge in [0.2, 0.25) is 0 Å². The molecule has 0 radical (unpaired) electrons. The Morgan fingerprint density at radius 2 is 1.89 bits per heavy atom. The van der Waals surface area contributed by atoms with Crippen molar-refractivity contribution in [3.63, 3.8) is 0 Å². The van der Waals surface area contributed by atoms with Crippen molar-refractivity contribution in [1.82, 2.24) is 0 Å². The minimum absolute atomic E-state index is 0.0671. The number of ketones is 1. The summed E-state index contributed by atoms with van der Waals surface area (Å²) in [5.41, 5.74) is 1.00. The molecule has 0 heterocycles. The van der Waals surface area contributed by atoms with Crippen molar-refractivity contribution in [3.8, 4) is 0 Å². The zero-order valence-electron chi connectivity index (χ0n) is 10.3. The van der Waals surface area contributed by atoms with Crippen molar-refractivity contribution in [3.05, 3.63) is 65.2 Å². The second kappa shape index (κ2) is 5.97. The molecule has 0 amide bonds. The van der Waals surface area contributed by atoms with Gasteiger partial charge in [0.05, 0.1) is 11.3 Å². The van der Waals surface area contributed by atoms with Crippen LogP contribution in [-0.2, 0) is 0 Å². The Bertz CT molecular complexity index is 611. The van der Waals surface area contributed by atoms with Crippen LogP contribution >= 0.6 is 11.8 Å². The molecule has 0 spiro atoms. The van der Waals surface area contributed by atoms with E-state index >= 15 is 0 Å². The van der Waals surface area contributed by atoms with Crippen molar-refractivity contribution in [2.75, 3.05) is 5.75 Å². The molecule has 0 fully saturated rings. The zero-order chi connectivity index (χ0) is 13.8. The molecule has 0 saturated heterocycles. The lowest BCUT2D eigenvalue weighted by Gasteiger charge is -2.05. The average molecular weight is 278 g/mol. The molecule has 0 aliphatic heterocycles. The molecule has 4 heteroatoms. The number of halogens is 2.